The molecule has 0 aromatic carbocycles. The summed E-state index contributed by atoms with van der Waals surface area (Å²) in [6.07, 6.45) is 3.22. The van der Waals surface area contributed by atoms with Crippen LogP contribution in [0.2, 0.25) is 0 Å². The highest BCUT2D eigenvalue weighted by Gasteiger charge is 2.08. The minimum atomic E-state index is -0.255. The lowest BCUT2D eigenvalue weighted by Gasteiger charge is -2.11. The number of aromatic nitrogens is 1. The molecule has 0 bridgehead atoms. The highest BCUT2D eigenvalue weighted by atomic mass is 79.9. The second-order valence-electron chi connectivity index (χ2n) is 4.40. The summed E-state index contributed by atoms with van der Waals surface area (Å²) in [7, 11) is 0. The zero-order chi connectivity index (χ0) is 15.5. The largest absolute Gasteiger partial charge is 0.479 e. The number of unbranched alkanes of at least 4 members (excludes halogenated alkanes) is 2. The van der Waals surface area contributed by atoms with Crippen LogP contribution in [-0.2, 0) is 11.3 Å². The zero-order valence-corrected chi connectivity index (χ0v) is 13.2. The molecular formula is C14H18BrN3O3. The Bertz CT molecular complexity index is 551. The zero-order valence-electron chi connectivity index (χ0n) is 11.7. The number of nitrogens with zero attached hydrogens (tertiary/aromatic N) is 1. The molecule has 6 nitrogen and oxygen atoms in total. The Kier molecular flexibility index (Phi) is 8.40. The molecule has 0 saturated carbocycles. The molecule has 0 atom stereocenters. The number of aromatic amines is 1. The number of nitriles is 1. The molecular weight excluding hydrogens is 338 g/mol. The van der Waals surface area contributed by atoms with Gasteiger partial charge in [-0.25, -0.2) is 0 Å². The van der Waals surface area contributed by atoms with Crippen molar-refractivity contribution < 1.29 is 9.53 Å². The SMILES string of the molecule is N#CCCCOc1[nH]c(=O)c(Br)cc1CNCCCC=O. The normalized spacial score (nSPS) is 10.1. The number of carbonyl (C=O) groups excluding carboxylic acids is 1. The smallest absolute Gasteiger partial charge is 0.265 e. The van der Waals surface area contributed by atoms with Crippen molar-refractivity contribution in [2.75, 3.05) is 13.2 Å². The van der Waals surface area contributed by atoms with Crippen LogP contribution >= 0.6 is 15.9 Å². The molecule has 1 rings (SSSR count). The van der Waals surface area contributed by atoms with Crippen molar-refractivity contribution in [1.29, 1.82) is 5.26 Å². The summed E-state index contributed by atoms with van der Waals surface area (Å²) in [4.78, 5) is 24.5. The quantitative estimate of drug-likeness (QED) is 0.493. The predicted octanol–water partition coefficient (Wildman–Crippen LogP) is 1.89. The van der Waals surface area contributed by atoms with Gasteiger partial charge in [0.1, 0.15) is 6.29 Å². The molecule has 114 valence electrons. The molecule has 0 fully saturated rings. The van der Waals surface area contributed by atoms with Gasteiger partial charge in [0.15, 0.2) is 5.88 Å². The second kappa shape index (κ2) is 10.1. The molecule has 21 heavy (non-hydrogen) atoms. The van der Waals surface area contributed by atoms with Crippen LogP contribution in [-0.4, -0.2) is 24.4 Å². The van der Waals surface area contributed by atoms with Crippen LogP contribution in [0.1, 0.15) is 31.2 Å². The van der Waals surface area contributed by atoms with Crippen LogP contribution in [0.3, 0.4) is 0 Å². The molecule has 1 aromatic rings. The van der Waals surface area contributed by atoms with E-state index in [2.05, 4.69) is 26.2 Å². The minimum Gasteiger partial charge on any atom is -0.479 e. The Labute approximate surface area is 131 Å². The van der Waals surface area contributed by atoms with E-state index in [0.717, 1.165) is 18.3 Å². The van der Waals surface area contributed by atoms with Crippen molar-refractivity contribution in [2.45, 2.75) is 32.2 Å². The van der Waals surface area contributed by atoms with Crippen LogP contribution in [0, 0.1) is 11.3 Å². The molecule has 1 aromatic heterocycles. The number of nitrogens with one attached hydrogen (secondary N) is 2. The standard InChI is InChI=1S/C14H18BrN3O3/c15-12-9-11(10-17-6-2-3-7-19)14(18-13(12)20)21-8-4-1-5-16/h7,9,17H,1-4,6,8,10H2,(H,18,20). The Balaban J connectivity index is 2.62. The van der Waals surface area contributed by atoms with E-state index in [-0.39, 0.29) is 5.56 Å². The number of rotatable bonds is 10. The molecule has 1 heterocycles. The maximum absolute atomic E-state index is 11.6. The minimum absolute atomic E-state index is 0.255. The van der Waals surface area contributed by atoms with Gasteiger partial charge in [0.25, 0.3) is 5.56 Å². The molecule has 0 aliphatic carbocycles. The first-order valence-electron chi connectivity index (χ1n) is 6.75. The van der Waals surface area contributed by atoms with Gasteiger partial charge in [-0.2, -0.15) is 5.26 Å². The Hall–Kier alpha value is -1.65. The van der Waals surface area contributed by atoms with Gasteiger partial charge in [-0.15, -0.1) is 0 Å². The monoisotopic (exact) mass is 355 g/mol. The average Bonchev–Trinajstić information content (AvgIpc) is 2.47. The highest BCUT2D eigenvalue weighted by Crippen LogP contribution is 2.17. The molecule has 2 N–H and O–H groups in total. The summed E-state index contributed by atoms with van der Waals surface area (Å²) in [5.41, 5.74) is 0.569. The third-order valence-corrected chi connectivity index (χ3v) is 3.30. The van der Waals surface area contributed by atoms with Crippen molar-refractivity contribution in [3.63, 3.8) is 0 Å². The fourth-order valence-corrected chi connectivity index (χ4v) is 2.02. The number of hydrogen-bond donors (Lipinski definition) is 2. The van der Waals surface area contributed by atoms with E-state index in [1.807, 2.05) is 6.07 Å². The Morgan fingerprint density at radius 3 is 3.00 bits per heavy atom. The van der Waals surface area contributed by atoms with E-state index in [0.29, 0.717) is 49.3 Å². The van der Waals surface area contributed by atoms with Gasteiger partial charge in [0.2, 0.25) is 0 Å². The molecule has 0 amide bonds. The van der Waals surface area contributed by atoms with Crippen LogP contribution < -0.4 is 15.6 Å². The number of hydrogen-bond acceptors (Lipinski definition) is 5. The van der Waals surface area contributed by atoms with E-state index in [4.69, 9.17) is 10.00 Å². The fourth-order valence-electron chi connectivity index (χ4n) is 1.65. The van der Waals surface area contributed by atoms with E-state index >= 15 is 0 Å². The summed E-state index contributed by atoms with van der Waals surface area (Å²) >= 11 is 3.19. The van der Waals surface area contributed by atoms with E-state index in [1.54, 1.807) is 6.07 Å². The predicted molar refractivity (Wildman–Crippen MR) is 82.1 cm³/mol. The van der Waals surface area contributed by atoms with Gasteiger partial charge in [0.05, 0.1) is 17.1 Å². The second-order valence-corrected chi connectivity index (χ2v) is 5.25. The third kappa shape index (κ3) is 6.56. The number of halogens is 1. The van der Waals surface area contributed by atoms with Crippen LogP contribution in [0.25, 0.3) is 0 Å². The lowest BCUT2D eigenvalue weighted by molar-refractivity contribution is -0.107. The lowest BCUT2D eigenvalue weighted by Crippen LogP contribution is -2.19. The van der Waals surface area contributed by atoms with Crippen molar-refractivity contribution in [1.82, 2.24) is 10.3 Å². The van der Waals surface area contributed by atoms with Gasteiger partial charge >= 0.3 is 0 Å². The summed E-state index contributed by atoms with van der Waals surface area (Å²) < 4.78 is 5.97. The molecule has 0 aliphatic heterocycles. The molecule has 0 radical (unpaired) electrons. The first-order valence-corrected chi connectivity index (χ1v) is 7.54. The lowest BCUT2D eigenvalue weighted by atomic mass is 10.2. The maximum atomic E-state index is 11.6. The van der Waals surface area contributed by atoms with Gasteiger partial charge in [-0.1, -0.05) is 0 Å². The third-order valence-electron chi connectivity index (χ3n) is 2.71. The number of H-pyrrole nitrogens is 1. The summed E-state index contributed by atoms with van der Waals surface area (Å²) in [5, 5.41) is 11.7. The molecule has 0 unspecified atom stereocenters. The Morgan fingerprint density at radius 2 is 2.29 bits per heavy atom. The molecule has 0 saturated heterocycles. The summed E-state index contributed by atoms with van der Waals surface area (Å²) in [6.45, 7) is 1.62. The topological polar surface area (TPSA) is 95.0 Å². The van der Waals surface area contributed by atoms with Crippen molar-refractivity contribution >= 4 is 22.2 Å². The Morgan fingerprint density at radius 1 is 1.48 bits per heavy atom. The van der Waals surface area contributed by atoms with Gasteiger partial charge in [-0.05, 0) is 41.4 Å². The fraction of sp³-hybridized carbons (Fsp3) is 0.500. The van der Waals surface area contributed by atoms with Gasteiger partial charge < -0.3 is 14.8 Å². The summed E-state index contributed by atoms with van der Waals surface area (Å²) in [5.74, 6) is 0.420. The first-order chi connectivity index (χ1) is 10.2. The average molecular weight is 356 g/mol. The highest BCUT2D eigenvalue weighted by molar-refractivity contribution is 9.10. The van der Waals surface area contributed by atoms with Crippen LogP contribution in [0.15, 0.2) is 15.3 Å². The van der Waals surface area contributed by atoms with Crippen molar-refractivity contribution in [3.05, 3.63) is 26.5 Å². The molecule has 0 spiro atoms. The van der Waals surface area contributed by atoms with Crippen molar-refractivity contribution in [2.24, 2.45) is 0 Å². The summed E-state index contributed by atoms with van der Waals surface area (Å²) in [6, 6.07) is 3.76. The number of aldehydes is 1. The van der Waals surface area contributed by atoms with E-state index in [9.17, 15) is 9.59 Å². The first kappa shape index (κ1) is 17.4. The van der Waals surface area contributed by atoms with Gasteiger partial charge in [0, 0.05) is 24.9 Å². The van der Waals surface area contributed by atoms with E-state index < -0.39 is 0 Å². The number of pyridine rings is 1. The van der Waals surface area contributed by atoms with Crippen LogP contribution in [0.5, 0.6) is 5.88 Å². The van der Waals surface area contributed by atoms with Crippen LogP contribution in [0.4, 0.5) is 0 Å². The molecule has 7 heteroatoms. The number of ether oxygens (including phenoxy) is 1. The molecule has 0 aliphatic rings. The van der Waals surface area contributed by atoms with Gasteiger partial charge in [-0.3, -0.25) is 9.78 Å². The number of carbonyl (C=O) groups is 1. The van der Waals surface area contributed by atoms with Crippen molar-refractivity contribution in [3.8, 4) is 11.9 Å². The van der Waals surface area contributed by atoms with E-state index in [1.165, 1.54) is 0 Å². The maximum Gasteiger partial charge on any atom is 0.265 e.